The first-order chi connectivity index (χ1) is 47.7. The summed E-state index contributed by atoms with van der Waals surface area (Å²) in [5, 5.41) is 35.7. The Morgan fingerprint density at radius 3 is 1.01 bits per heavy atom. The molecule has 6 aliphatic rings. The third-order valence-corrected chi connectivity index (χ3v) is 18.0. The lowest BCUT2D eigenvalue weighted by molar-refractivity contribution is -0.00961. The molecule has 0 unspecified atom stereocenters. The van der Waals surface area contributed by atoms with E-state index in [0.29, 0.717) is 87.6 Å². The molecule has 6 aromatic heterocycles. The van der Waals surface area contributed by atoms with Gasteiger partial charge in [0.1, 0.15) is 52.9 Å². The van der Waals surface area contributed by atoms with Crippen LogP contribution in [-0.4, -0.2) is 171 Å². The number of anilines is 3. The molecule has 500 valence electrons. The molecule has 0 radical (unpaired) electrons. The summed E-state index contributed by atoms with van der Waals surface area (Å²) < 4.78 is 101. The molecule has 0 saturated carbocycles. The average Bonchev–Trinajstić information content (AvgIpc) is 1.17. The van der Waals surface area contributed by atoms with Gasteiger partial charge in [0.05, 0.1) is 112 Å². The quantitative estimate of drug-likeness (QED) is 0.0406. The van der Waals surface area contributed by atoms with Gasteiger partial charge in [0.15, 0.2) is 18.3 Å². The third kappa shape index (κ3) is 13.7. The highest BCUT2D eigenvalue weighted by Crippen LogP contribution is 2.51. The number of cyclic esters (lactones) is 3. The van der Waals surface area contributed by atoms with Gasteiger partial charge in [-0.15, -0.1) is 15.3 Å². The molecule has 0 spiro atoms. The van der Waals surface area contributed by atoms with Crippen LogP contribution in [0.2, 0.25) is 0 Å². The normalized spacial score (nSPS) is 20.6. The van der Waals surface area contributed by atoms with E-state index in [9.17, 15) is 18.9 Å². The number of aromatic nitrogens is 12. The van der Waals surface area contributed by atoms with E-state index in [1.165, 1.54) is 70.1 Å². The Morgan fingerprint density at radius 1 is 0.429 bits per heavy atom. The van der Waals surface area contributed by atoms with E-state index in [0.717, 1.165) is 0 Å². The summed E-state index contributed by atoms with van der Waals surface area (Å²) in [5.41, 5.74) is 5.59. The molecular formula is C63H54F3N18O13P. The van der Waals surface area contributed by atoms with Crippen molar-refractivity contribution in [2.45, 2.75) is 75.5 Å². The topological polar surface area (TPSA) is 329 Å². The fourth-order valence-electron chi connectivity index (χ4n) is 11.6. The highest BCUT2D eigenvalue weighted by atomic mass is 31.2. The van der Waals surface area contributed by atoms with Crippen LogP contribution >= 0.6 is 7.82 Å². The number of hydrogen-bond donors (Lipinski definition) is 0. The van der Waals surface area contributed by atoms with Gasteiger partial charge in [-0.1, -0.05) is 49.3 Å². The maximum atomic E-state index is 15.7. The molecule has 3 aromatic carbocycles. The molecular weight excluding hydrogens is 1300 g/mol. The Morgan fingerprint density at radius 2 is 0.745 bits per heavy atom. The van der Waals surface area contributed by atoms with Gasteiger partial charge >= 0.3 is 26.1 Å². The molecule has 3 amide bonds. The van der Waals surface area contributed by atoms with Gasteiger partial charge in [-0.05, 0) is 72.8 Å². The van der Waals surface area contributed by atoms with Crippen LogP contribution in [0.4, 0.5) is 44.6 Å². The van der Waals surface area contributed by atoms with E-state index in [2.05, 4.69) is 61.4 Å². The number of benzene rings is 3. The van der Waals surface area contributed by atoms with Gasteiger partial charge in [0.25, 0.3) is 0 Å². The van der Waals surface area contributed by atoms with E-state index >= 15 is 13.2 Å². The van der Waals surface area contributed by atoms with Crippen molar-refractivity contribution < 1.29 is 74.4 Å². The Balaban J connectivity index is 0.570. The van der Waals surface area contributed by atoms with Crippen molar-refractivity contribution >= 4 is 60.3 Å². The van der Waals surface area contributed by atoms with E-state index in [4.69, 9.17) is 42.3 Å². The smallest absolute Gasteiger partial charge is 0.442 e. The summed E-state index contributed by atoms with van der Waals surface area (Å²) in [6.45, 7) is 0.444. The number of ether oxygens (including phenoxy) is 3. The molecule has 0 bridgehead atoms. The Bertz CT molecular complexity index is 4130. The fraction of sp³-hybridized carbons (Fsp3) is 0.286. The molecule has 0 aliphatic carbocycles. The Labute approximate surface area is 552 Å². The Hall–Kier alpha value is -11.3. The summed E-state index contributed by atoms with van der Waals surface area (Å²) in [7, 11) is -4.53. The molecule has 12 heterocycles. The number of oxime groups is 3. The molecule has 98 heavy (non-hydrogen) atoms. The first kappa shape index (κ1) is 62.7. The predicted molar refractivity (Wildman–Crippen MR) is 335 cm³/mol. The van der Waals surface area contributed by atoms with E-state index < -0.39 is 80.2 Å². The second-order valence-electron chi connectivity index (χ2n) is 23.3. The molecule has 3 fully saturated rings. The summed E-state index contributed by atoms with van der Waals surface area (Å²) in [6, 6.07) is 23.3. The SMILES string of the molecule is O=C1O[C@@H](Cn2ccnn2)CN1c1ccc(-c2ccc(C3=NO[C@H](COP(=O)(OC[C@@H]4CC(c5ccc(-c6ccc(N7C[C@H](Cn8ccnn8)OC7=O)cc6F)cn5)=NO4)OC[C@@H]4CC(c5ccc(-c6ccc(N7C[C@H](Cn8ccnn8)OC7=O)cc6F)cn5)=NO4)C3)nc2)c(F)c1. The first-order valence-corrected chi connectivity index (χ1v) is 32.2. The summed E-state index contributed by atoms with van der Waals surface area (Å²) in [4.78, 5) is 73.0. The molecule has 31 nitrogen and oxygen atoms in total. The number of pyridine rings is 3. The molecule has 3 saturated heterocycles. The van der Waals surface area contributed by atoms with Crippen LogP contribution in [0, 0.1) is 17.5 Å². The summed E-state index contributed by atoms with van der Waals surface area (Å²) >= 11 is 0. The number of carbonyl (C=O) groups excluding carboxylic acids is 3. The zero-order chi connectivity index (χ0) is 66.9. The van der Waals surface area contributed by atoms with Crippen LogP contribution in [0.15, 0.2) is 162 Å². The van der Waals surface area contributed by atoms with Gasteiger partial charge in [-0.25, -0.2) is 46.2 Å². The zero-order valence-corrected chi connectivity index (χ0v) is 52.1. The minimum atomic E-state index is -4.53. The van der Waals surface area contributed by atoms with Gasteiger partial charge in [-0.2, -0.15) is 0 Å². The van der Waals surface area contributed by atoms with Crippen LogP contribution in [0.3, 0.4) is 0 Å². The van der Waals surface area contributed by atoms with Crippen molar-refractivity contribution in [2.24, 2.45) is 15.5 Å². The summed E-state index contributed by atoms with van der Waals surface area (Å²) in [6.07, 6.45) is 8.72. The van der Waals surface area contributed by atoms with Crippen molar-refractivity contribution in [2.75, 3.05) is 54.2 Å². The highest BCUT2D eigenvalue weighted by Gasteiger charge is 2.39. The van der Waals surface area contributed by atoms with E-state index in [1.54, 1.807) is 105 Å². The number of phosphoric acid groups is 1. The fourth-order valence-corrected chi connectivity index (χ4v) is 12.9. The molecule has 9 aromatic rings. The Kier molecular flexibility index (Phi) is 17.3. The lowest BCUT2D eigenvalue weighted by atomic mass is 10.0. The minimum Gasteiger partial charge on any atom is -0.442 e. The average molecular weight is 1360 g/mol. The maximum Gasteiger partial charge on any atom is 0.475 e. The van der Waals surface area contributed by atoms with Crippen molar-refractivity contribution in [1.29, 1.82) is 0 Å². The van der Waals surface area contributed by atoms with E-state index in [1.807, 2.05) is 0 Å². The minimum absolute atomic E-state index is 0.155. The number of rotatable bonds is 24. The third-order valence-electron chi connectivity index (χ3n) is 16.6. The van der Waals surface area contributed by atoms with Crippen LogP contribution in [-0.2, 0) is 66.5 Å². The van der Waals surface area contributed by atoms with Gasteiger partial charge in [0.2, 0.25) is 0 Å². The maximum absolute atomic E-state index is 15.7. The number of halogens is 3. The van der Waals surface area contributed by atoms with Gasteiger partial charge in [0, 0.05) is 89.8 Å². The molecule has 6 atom stereocenters. The number of nitrogens with zero attached hydrogens (tertiary/aromatic N) is 18. The number of hydrogen-bond acceptors (Lipinski definition) is 25. The van der Waals surface area contributed by atoms with Crippen molar-refractivity contribution in [3.8, 4) is 33.4 Å². The first-order valence-electron chi connectivity index (χ1n) is 30.7. The second kappa shape index (κ2) is 27.0. The second-order valence-corrected chi connectivity index (χ2v) is 24.9. The molecule has 0 N–H and O–H groups in total. The van der Waals surface area contributed by atoms with Crippen molar-refractivity contribution in [3.63, 3.8) is 0 Å². The zero-order valence-electron chi connectivity index (χ0n) is 51.2. The van der Waals surface area contributed by atoms with Crippen LogP contribution in [0.25, 0.3) is 33.4 Å². The van der Waals surface area contributed by atoms with Gasteiger partial charge in [-0.3, -0.25) is 43.2 Å². The molecule has 15 rings (SSSR count). The lowest BCUT2D eigenvalue weighted by Gasteiger charge is -2.21. The molecule has 6 aliphatic heterocycles. The standard InChI is InChI=1S/C63H54F3N18O13P/c64-52-19-40(82-31-46(92-61(82)85)28-79-16-13-70-76-79)4-7-49(52)37-1-10-55(67-25-37)58-22-43(95-73-58)34-89-98(88,90-35-44-23-59(74-96-44)56-11-2-38(26-68-56)50-8-5-41(20-53(50)65)83-32-47(93-62(83)86)29-80-17-14-71-77-80)91-36-45-24-60(75-97-45)57-12-3-39(27-69-57)51-9-6-42(21-54(51)66)84-33-48(94-63(84)87)30-81-18-15-72-78-81/h1-21,25-27,43-48H,22-24,28-36H2/t43-,44-,45-,46-,47-,48-/m0/s1. The highest BCUT2D eigenvalue weighted by molar-refractivity contribution is 7.48. The number of phosphoric ester groups is 1. The molecule has 35 heteroatoms. The van der Waals surface area contributed by atoms with Crippen LogP contribution < -0.4 is 14.7 Å². The largest absolute Gasteiger partial charge is 0.475 e. The number of carbonyl (C=O) groups is 3. The van der Waals surface area contributed by atoms with E-state index in [-0.39, 0.29) is 75.4 Å². The lowest BCUT2D eigenvalue weighted by Crippen LogP contribution is -2.26. The van der Waals surface area contributed by atoms with Crippen LogP contribution in [0.1, 0.15) is 36.3 Å². The number of amides is 3. The van der Waals surface area contributed by atoms with Crippen molar-refractivity contribution in [1.82, 2.24) is 59.9 Å². The van der Waals surface area contributed by atoms with Gasteiger partial charge < -0.3 is 28.7 Å². The monoisotopic (exact) mass is 1360 g/mol. The van der Waals surface area contributed by atoms with Crippen molar-refractivity contribution in [3.05, 3.63) is 181 Å². The predicted octanol–water partition coefficient (Wildman–Crippen LogP) is 8.18. The summed E-state index contributed by atoms with van der Waals surface area (Å²) in [5.74, 6) is -1.76. The van der Waals surface area contributed by atoms with Crippen LogP contribution in [0.5, 0.6) is 0 Å².